The largest absolute Gasteiger partial charge is 0.457 e. The van der Waals surface area contributed by atoms with Crippen molar-refractivity contribution < 1.29 is 18.5 Å². The highest BCUT2D eigenvalue weighted by Gasteiger charge is 2.12. The zero-order valence-corrected chi connectivity index (χ0v) is 16.7. The van der Waals surface area contributed by atoms with Crippen LogP contribution in [0.3, 0.4) is 0 Å². The number of carbonyl (C=O) groups is 1. The van der Waals surface area contributed by atoms with E-state index in [0.29, 0.717) is 16.5 Å². The van der Waals surface area contributed by atoms with E-state index < -0.39 is 16.6 Å². The van der Waals surface area contributed by atoms with Crippen LogP contribution in [0.4, 0.5) is 15.8 Å². The Balaban J connectivity index is 1.60. The number of halogens is 2. The summed E-state index contributed by atoms with van der Waals surface area (Å²) in [6, 6.07) is 13.4. The fraction of sp³-hybridized carbons (Fsp3) is 0. The minimum atomic E-state index is -0.752. The highest BCUT2D eigenvalue weighted by Crippen LogP contribution is 2.24. The lowest BCUT2D eigenvalue weighted by molar-refractivity contribution is -0.384. The number of carbonyl (C=O) groups excluding carboxylic acids is 1. The van der Waals surface area contributed by atoms with E-state index in [2.05, 4.69) is 10.6 Å². The van der Waals surface area contributed by atoms with E-state index in [1.807, 2.05) is 0 Å². The molecule has 0 aliphatic heterocycles. The van der Waals surface area contributed by atoms with Gasteiger partial charge in [-0.25, -0.2) is 4.39 Å². The predicted molar refractivity (Wildman–Crippen MR) is 116 cm³/mol. The first-order valence-corrected chi connectivity index (χ1v) is 9.20. The Morgan fingerprint density at radius 3 is 2.60 bits per heavy atom. The van der Waals surface area contributed by atoms with Crippen molar-refractivity contribution in [1.29, 1.82) is 0 Å². The maximum Gasteiger partial charge on any atom is 0.271 e. The Morgan fingerprint density at radius 2 is 1.90 bits per heavy atom. The van der Waals surface area contributed by atoms with Gasteiger partial charge in [0.1, 0.15) is 17.3 Å². The molecule has 10 heteroatoms. The lowest BCUT2D eigenvalue weighted by atomic mass is 10.2. The molecule has 30 heavy (non-hydrogen) atoms. The third-order valence-corrected chi connectivity index (χ3v) is 4.26. The van der Waals surface area contributed by atoms with Gasteiger partial charge in [-0.15, -0.1) is 0 Å². The second-order valence-electron chi connectivity index (χ2n) is 5.91. The molecule has 1 aromatic heterocycles. The number of non-ortho nitro benzene ring substituents is 1. The van der Waals surface area contributed by atoms with Crippen LogP contribution in [0.1, 0.15) is 5.76 Å². The molecular formula is C20H13ClFN3O4S. The molecule has 1 amide bonds. The van der Waals surface area contributed by atoms with Crippen molar-refractivity contribution in [3.63, 3.8) is 0 Å². The maximum atomic E-state index is 13.8. The second-order valence-corrected chi connectivity index (χ2v) is 6.75. The van der Waals surface area contributed by atoms with Crippen LogP contribution in [0.5, 0.6) is 0 Å². The molecule has 0 bridgehead atoms. The van der Waals surface area contributed by atoms with E-state index in [1.165, 1.54) is 12.2 Å². The number of hydrogen-bond acceptors (Lipinski definition) is 5. The molecule has 0 aliphatic rings. The molecule has 0 unspecified atom stereocenters. The zero-order chi connectivity index (χ0) is 21.7. The summed E-state index contributed by atoms with van der Waals surface area (Å²) in [5, 5.41) is 15.9. The Labute approximate surface area is 180 Å². The lowest BCUT2D eigenvalue weighted by Crippen LogP contribution is -2.33. The van der Waals surface area contributed by atoms with Gasteiger partial charge in [0, 0.05) is 28.8 Å². The second kappa shape index (κ2) is 9.29. The van der Waals surface area contributed by atoms with Gasteiger partial charge in [-0.2, -0.15) is 0 Å². The fourth-order valence-electron chi connectivity index (χ4n) is 2.40. The molecule has 7 nitrogen and oxygen atoms in total. The highest BCUT2D eigenvalue weighted by atomic mass is 35.5. The molecule has 3 rings (SSSR count). The maximum absolute atomic E-state index is 13.8. The molecule has 0 saturated carbocycles. The molecule has 0 spiro atoms. The molecule has 0 aliphatic carbocycles. The summed E-state index contributed by atoms with van der Waals surface area (Å²) in [5.74, 6) is -0.315. The van der Waals surface area contributed by atoms with Gasteiger partial charge in [0.15, 0.2) is 5.11 Å². The quantitative estimate of drug-likeness (QED) is 0.243. The van der Waals surface area contributed by atoms with Gasteiger partial charge in [0.2, 0.25) is 5.91 Å². The highest BCUT2D eigenvalue weighted by molar-refractivity contribution is 7.80. The smallest absolute Gasteiger partial charge is 0.271 e. The van der Waals surface area contributed by atoms with E-state index in [0.717, 1.165) is 23.8 Å². The van der Waals surface area contributed by atoms with Gasteiger partial charge in [-0.05, 0) is 60.8 Å². The number of nitrogens with one attached hydrogen (secondary N) is 2. The van der Waals surface area contributed by atoms with E-state index >= 15 is 0 Å². The number of furan rings is 1. The average molecular weight is 446 g/mol. The number of rotatable bonds is 5. The van der Waals surface area contributed by atoms with Gasteiger partial charge in [0.05, 0.1) is 10.6 Å². The number of nitrogens with zero attached hydrogens (tertiary/aromatic N) is 1. The molecule has 2 N–H and O–H groups in total. The van der Waals surface area contributed by atoms with Crippen LogP contribution in [0.25, 0.3) is 17.4 Å². The summed E-state index contributed by atoms with van der Waals surface area (Å²) >= 11 is 10.8. The van der Waals surface area contributed by atoms with Crippen molar-refractivity contribution in [3.8, 4) is 11.3 Å². The fourth-order valence-corrected chi connectivity index (χ4v) is 2.74. The SMILES string of the molecule is O=C(C=Cc1ccc(-c2ccc(Cl)cc2)o1)NC(=S)Nc1cc([N+](=O)[O-])ccc1F. The monoisotopic (exact) mass is 445 g/mol. The molecule has 3 aromatic rings. The number of benzene rings is 2. The van der Waals surface area contributed by atoms with Crippen LogP contribution in [-0.2, 0) is 4.79 Å². The van der Waals surface area contributed by atoms with Gasteiger partial charge < -0.3 is 9.73 Å². The standard InChI is InChI=1S/C20H13ClFN3O4S/c21-13-3-1-12(2-4-13)18-9-6-15(29-18)7-10-19(26)24-20(30)23-17-11-14(25(27)28)5-8-16(17)22/h1-11H,(H2,23,24,26,30). The summed E-state index contributed by atoms with van der Waals surface area (Å²) in [4.78, 5) is 22.1. The summed E-state index contributed by atoms with van der Waals surface area (Å²) in [6.07, 6.45) is 2.62. The first kappa shape index (κ1) is 21.2. The van der Waals surface area contributed by atoms with Crippen molar-refractivity contribution in [1.82, 2.24) is 5.32 Å². The molecular weight excluding hydrogens is 433 g/mol. The van der Waals surface area contributed by atoms with E-state index in [4.69, 9.17) is 28.2 Å². The van der Waals surface area contributed by atoms with Crippen LogP contribution in [-0.4, -0.2) is 15.9 Å². The molecule has 2 aromatic carbocycles. The average Bonchev–Trinajstić information content (AvgIpc) is 3.17. The summed E-state index contributed by atoms with van der Waals surface area (Å²) in [7, 11) is 0. The Kier molecular flexibility index (Phi) is 6.55. The van der Waals surface area contributed by atoms with Crippen LogP contribution < -0.4 is 10.6 Å². The third-order valence-electron chi connectivity index (χ3n) is 3.80. The molecule has 0 atom stereocenters. The number of nitro groups is 1. The first-order valence-electron chi connectivity index (χ1n) is 8.41. The topological polar surface area (TPSA) is 97.4 Å². The number of thiocarbonyl (C=S) groups is 1. The van der Waals surface area contributed by atoms with Crippen molar-refractivity contribution >= 4 is 52.3 Å². The van der Waals surface area contributed by atoms with Crippen LogP contribution in [0.15, 0.2) is 65.1 Å². The van der Waals surface area contributed by atoms with Gasteiger partial charge in [-0.3, -0.25) is 20.2 Å². The molecule has 0 fully saturated rings. The Morgan fingerprint density at radius 1 is 1.17 bits per heavy atom. The summed E-state index contributed by atoms with van der Waals surface area (Å²) in [5.41, 5.74) is 0.284. The van der Waals surface area contributed by atoms with Crippen molar-refractivity contribution in [3.05, 3.63) is 87.4 Å². The lowest BCUT2D eigenvalue weighted by Gasteiger charge is -2.08. The number of anilines is 1. The van der Waals surface area contributed by atoms with Crippen molar-refractivity contribution in [2.75, 3.05) is 5.32 Å². The first-order chi connectivity index (χ1) is 14.3. The minimum Gasteiger partial charge on any atom is -0.457 e. The molecule has 152 valence electrons. The van der Waals surface area contributed by atoms with Crippen LogP contribution in [0.2, 0.25) is 5.02 Å². The zero-order valence-electron chi connectivity index (χ0n) is 15.1. The normalized spacial score (nSPS) is 10.7. The van der Waals surface area contributed by atoms with Crippen molar-refractivity contribution in [2.24, 2.45) is 0 Å². The third kappa shape index (κ3) is 5.49. The molecule has 0 saturated heterocycles. The van der Waals surface area contributed by atoms with E-state index in [1.54, 1.807) is 36.4 Å². The van der Waals surface area contributed by atoms with Gasteiger partial charge in [-0.1, -0.05) is 11.6 Å². The Bertz CT molecular complexity index is 1150. The number of nitro benzene ring substituents is 1. The number of hydrogen-bond donors (Lipinski definition) is 2. The van der Waals surface area contributed by atoms with E-state index in [9.17, 15) is 19.3 Å². The summed E-state index contributed by atoms with van der Waals surface area (Å²) in [6.45, 7) is 0. The molecule has 0 radical (unpaired) electrons. The van der Waals surface area contributed by atoms with Crippen LogP contribution in [0, 0.1) is 15.9 Å². The van der Waals surface area contributed by atoms with Crippen LogP contribution >= 0.6 is 23.8 Å². The van der Waals surface area contributed by atoms with Crippen molar-refractivity contribution in [2.45, 2.75) is 0 Å². The van der Waals surface area contributed by atoms with Gasteiger partial charge in [0.25, 0.3) is 5.69 Å². The van der Waals surface area contributed by atoms with Gasteiger partial charge >= 0.3 is 0 Å². The molecule has 1 heterocycles. The minimum absolute atomic E-state index is 0.217. The number of amides is 1. The predicted octanol–water partition coefficient (Wildman–Crippen LogP) is 5.17. The Hall–Kier alpha value is -3.56. The summed E-state index contributed by atoms with van der Waals surface area (Å²) < 4.78 is 19.4. The van der Waals surface area contributed by atoms with E-state index in [-0.39, 0.29) is 16.5 Å².